The largest absolute Gasteiger partial charge is 0.530 e. The fraction of sp³-hybridized carbons (Fsp3) is 0.417. The molecule has 0 aromatic heterocycles. The van der Waals surface area contributed by atoms with Crippen LogP contribution in [-0.4, -0.2) is 12.1 Å². The monoisotopic (exact) mass is 206 g/mol. The van der Waals surface area contributed by atoms with E-state index >= 15 is 0 Å². The Balaban J connectivity index is 3.23. The second-order valence-corrected chi connectivity index (χ2v) is 3.95. The molecule has 0 radical (unpaired) electrons. The highest BCUT2D eigenvalue weighted by atomic mass is 16.4. The smallest absolute Gasteiger partial charge is 0.141 e. The average molecular weight is 206 g/mol. The number of anilines is 1. The molecule has 0 atom stereocenters. The van der Waals surface area contributed by atoms with E-state index in [2.05, 4.69) is 0 Å². The lowest BCUT2D eigenvalue weighted by Crippen LogP contribution is -2.45. The highest BCUT2D eigenvalue weighted by Gasteiger charge is 2.14. The summed E-state index contributed by atoms with van der Waals surface area (Å²) in [6.07, 6.45) is -1.15. The van der Waals surface area contributed by atoms with Gasteiger partial charge in [-0.25, -0.2) is 0 Å². The maximum Gasteiger partial charge on any atom is 0.141 e. The van der Waals surface area contributed by atoms with Gasteiger partial charge in [0.15, 0.2) is 0 Å². The summed E-state index contributed by atoms with van der Waals surface area (Å²) >= 11 is 0. The third-order valence-corrected chi connectivity index (χ3v) is 2.55. The first-order chi connectivity index (χ1) is 6.95. The molecule has 82 valence electrons. The highest BCUT2D eigenvalue weighted by molar-refractivity contribution is 5.86. The normalized spacial score (nSPS) is 10.5. The Morgan fingerprint density at radius 3 is 2.40 bits per heavy atom. The van der Waals surface area contributed by atoms with Crippen molar-refractivity contribution in [1.29, 1.82) is 0 Å². The molecule has 0 spiro atoms. The van der Waals surface area contributed by atoms with E-state index < -0.39 is 6.09 Å². The maximum absolute atomic E-state index is 11.0. The van der Waals surface area contributed by atoms with Crippen molar-refractivity contribution in [1.82, 2.24) is 0 Å². The van der Waals surface area contributed by atoms with Gasteiger partial charge in [-0.2, -0.15) is 0 Å². The molecule has 0 heterocycles. The molecular formula is C12H16NO2-. The van der Waals surface area contributed by atoms with Crippen LogP contribution < -0.4 is 10.0 Å². The molecule has 0 bridgehead atoms. The van der Waals surface area contributed by atoms with Crippen LogP contribution in [0.3, 0.4) is 0 Å². The fourth-order valence-corrected chi connectivity index (χ4v) is 1.58. The van der Waals surface area contributed by atoms with E-state index in [0.717, 1.165) is 11.1 Å². The van der Waals surface area contributed by atoms with Gasteiger partial charge in [0, 0.05) is 11.7 Å². The summed E-state index contributed by atoms with van der Waals surface area (Å²) in [6, 6.07) is 5.51. The maximum atomic E-state index is 11.0. The molecule has 0 saturated heterocycles. The second kappa shape index (κ2) is 4.34. The molecule has 1 rings (SSSR count). The number of benzene rings is 1. The number of nitrogens with zero attached hydrogens (tertiary/aromatic N) is 1. The lowest BCUT2D eigenvalue weighted by Gasteiger charge is -2.31. The Morgan fingerprint density at radius 1 is 1.33 bits per heavy atom. The van der Waals surface area contributed by atoms with E-state index in [4.69, 9.17) is 0 Å². The number of hydrogen-bond acceptors (Lipinski definition) is 2. The first-order valence-corrected chi connectivity index (χ1v) is 5.01. The van der Waals surface area contributed by atoms with Crippen LogP contribution >= 0.6 is 0 Å². The van der Waals surface area contributed by atoms with Crippen molar-refractivity contribution in [3.05, 3.63) is 29.3 Å². The number of amides is 1. The minimum atomic E-state index is -1.15. The minimum absolute atomic E-state index is 0.115. The van der Waals surface area contributed by atoms with E-state index in [1.165, 1.54) is 4.90 Å². The van der Waals surface area contributed by atoms with Gasteiger partial charge in [-0.1, -0.05) is 12.1 Å². The molecule has 1 aromatic rings. The van der Waals surface area contributed by atoms with Crippen molar-refractivity contribution >= 4 is 11.8 Å². The van der Waals surface area contributed by atoms with Gasteiger partial charge in [0.05, 0.1) is 0 Å². The van der Waals surface area contributed by atoms with Crippen molar-refractivity contribution in [2.24, 2.45) is 0 Å². The number of hydrogen-bond donors (Lipinski definition) is 0. The molecule has 0 saturated carbocycles. The first-order valence-electron chi connectivity index (χ1n) is 5.01. The van der Waals surface area contributed by atoms with Crippen LogP contribution in [0.25, 0.3) is 0 Å². The van der Waals surface area contributed by atoms with Crippen LogP contribution in [0.5, 0.6) is 0 Å². The van der Waals surface area contributed by atoms with E-state index in [1.807, 2.05) is 39.8 Å². The number of carbonyl (C=O) groups is 1. The standard InChI is InChI=1S/C12H17NO2/c1-8(2)13(12(14)15)11-7-5-6-9(3)10(11)4/h5-8H,1-4H3,(H,14,15)/p-1. The summed E-state index contributed by atoms with van der Waals surface area (Å²) in [5.41, 5.74) is 2.78. The van der Waals surface area contributed by atoms with Crippen LogP contribution in [0, 0.1) is 13.8 Å². The van der Waals surface area contributed by atoms with Crippen molar-refractivity contribution in [2.75, 3.05) is 4.90 Å². The van der Waals surface area contributed by atoms with Gasteiger partial charge in [-0.15, -0.1) is 0 Å². The number of aryl methyl sites for hydroxylation is 1. The number of carboxylic acid groups (broad SMARTS) is 1. The summed E-state index contributed by atoms with van der Waals surface area (Å²) in [6.45, 7) is 7.55. The Bertz CT molecular complexity index is 372. The van der Waals surface area contributed by atoms with Crippen LogP contribution in [0.1, 0.15) is 25.0 Å². The molecule has 15 heavy (non-hydrogen) atoms. The summed E-state index contributed by atoms with van der Waals surface area (Å²) in [7, 11) is 0. The number of rotatable bonds is 2. The second-order valence-electron chi connectivity index (χ2n) is 3.95. The Kier molecular flexibility index (Phi) is 3.35. The Hall–Kier alpha value is -1.51. The molecule has 0 unspecified atom stereocenters. The van der Waals surface area contributed by atoms with Crippen molar-refractivity contribution < 1.29 is 9.90 Å². The average Bonchev–Trinajstić information content (AvgIpc) is 2.11. The predicted octanol–water partition coefficient (Wildman–Crippen LogP) is 1.86. The fourth-order valence-electron chi connectivity index (χ4n) is 1.58. The Labute approximate surface area is 90.3 Å². The molecule has 0 fully saturated rings. The molecule has 3 nitrogen and oxygen atoms in total. The van der Waals surface area contributed by atoms with Crippen LogP contribution in [-0.2, 0) is 0 Å². The van der Waals surface area contributed by atoms with Crippen LogP contribution in [0.2, 0.25) is 0 Å². The summed E-state index contributed by atoms with van der Waals surface area (Å²) in [4.78, 5) is 12.3. The molecule has 0 N–H and O–H groups in total. The summed E-state index contributed by atoms with van der Waals surface area (Å²) in [5.74, 6) is 0. The minimum Gasteiger partial charge on any atom is -0.530 e. The highest BCUT2D eigenvalue weighted by Crippen LogP contribution is 2.24. The van der Waals surface area contributed by atoms with Gasteiger partial charge in [-0.05, 0) is 44.9 Å². The van der Waals surface area contributed by atoms with E-state index in [0.29, 0.717) is 5.69 Å². The first kappa shape index (κ1) is 11.6. The van der Waals surface area contributed by atoms with Gasteiger partial charge in [0.2, 0.25) is 0 Å². The third-order valence-electron chi connectivity index (χ3n) is 2.55. The van der Waals surface area contributed by atoms with Crippen molar-refractivity contribution in [3.63, 3.8) is 0 Å². The zero-order valence-corrected chi connectivity index (χ0v) is 9.57. The van der Waals surface area contributed by atoms with Gasteiger partial charge >= 0.3 is 0 Å². The molecule has 0 aliphatic carbocycles. The van der Waals surface area contributed by atoms with Gasteiger partial charge < -0.3 is 14.8 Å². The van der Waals surface area contributed by atoms with Crippen LogP contribution in [0.4, 0.5) is 10.5 Å². The quantitative estimate of drug-likeness (QED) is 0.741. The predicted molar refractivity (Wildman–Crippen MR) is 58.9 cm³/mol. The zero-order chi connectivity index (χ0) is 11.6. The van der Waals surface area contributed by atoms with Crippen LogP contribution in [0.15, 0.2) is 18.2 Å². The lowest BCUT2D eigenvalue weighted by molar-refractivity contribution is -0.247. The zero-order valence-electron chi connectivity index (χ0n) is 9.57. The van der Waals surface area contributed by atoms with E-state index in [9.17, 15) is 9.90 Å². The number of carbonyl (C=O) groups excluding carboxylic acids is 1. The molecule has 3 heteroatoms. The van der Waals surface area contributed by atoms with Gasteiger partial charge in [0.1, 0.15) is 6.09 Å². The molecule has 0 aliphatic heterocycles. The lowest BCUT2D eigenvalue weighted by atomic mass is 10.1. The SMILES string of the molecule is Cc1cccc(N(C(=O)[O-])C(C)C)c1C. The molecule has 1 amide bonds. The van der Waals surface area contributed by atoms with Gasteiger partial charge in [-0.3, -0.25) is 0 Å². The topological polar surface area (TPSA) is 43.4 Å². The van der Waals surface area contributed by atoms with E-state index in [-0.39, 0.29) is 6.04 Å². The summed E-state index contributed by atoms with van der Waals surface area (Å²) < 4.78 is 0. The van der Waals surface area contributed by atoms with Gasteiger partial charge in [0.25, 0.3) is 0 Å². The third kappa shape index (κ3) is 2.29. The van der Waals surface area contributed by atoms with E-state index in [1.54, 1.807) is 6.07 Å². The molecule has 0 aliphatic rings. The van der Waals surface area contributed by atoms with Crippen molar-refractivity contribution in [2.45, 2.75) is 33.7 Å². The summed E-state index contributed by atoms with van der Waals surface area (Å²) in [5, 5.41) is 11.0. The Morgan fingerprint density at radius 2 is 1.93 bits per heavy atom. The molecule has 1 aromatic carbocycles. The molecular weight excluding hydrogens is 190 g/mol. The van der Waals surface area contributed by atoms with Crippen molar-refractivity contribution in [3.8, 4) is 0 Å².